The first-order valence-corrected chi connectivity index (χ1v) is 9.62. The van der Waals surface area contributed by atoms with Crippen molar-refractivity contribution in [2.24, 2.45) is 0 Å². The monoisotopic (exact) mass is 386 g/mol. The van der Waals surface area contributed by atoms with Crippen LogP contribution in [-0.2, 0) is 0 Å². The maximum atomic E-state index is 12.9. The molecule has 1 unspecified atom stereocenters. The molecule has 1 aromatic heterocycles. The van der Waals surface area contributed by atoms with Gasteiger partial charge in [-0.3, -0.25) is 14.2 Å². The number of halogens is 1. The van der Waals surface area contributed by atoms with Gasteiger partial charge in [0.2, 0.25) is 0 Å². The van der Waals surface area contributed by atoms with Gasteiger partial charge < -0.3 is 0 Å². The summed E-state index contributed by atoms with van der Waals surface area (Å²) >= 11 is 7.29. The number of thioether (sulfide) groups is 1. The van der Waals surface area contributed by atoms with Crippen LogP contribution in [0.1, 0.15) is 37.2 Å². The lowest BCUT2D eigenvalue weighted by atomic mass is 10.1. The summed E-state index contributed by atoms with van der Waals surface area (Å²) in [5.41, 5.74) is 1.10. The first-order chi connectivity index (χ1) is 12.4. The SMILES string of the molecule is CC(Sc1nc2ccccc2c(=O)n1C(C)C)C(=O)c1cccc(Cl)c1. The zero-order valence-electron chi connectivity index (χ0n) is 14.8. The van der Waals surface area contributed by atoms with E-state index in [0.29, 0.717) is 26.6 Å². The summed E-state index contributed by atoms with van der Waals surface area (Å²) in [6.07, 6.45) is 0. The highest BCUT2D eigenvalue weighted by molar-refractivity contribution is 8.00. The molecule has 0 saturated heterocycles. The molecule has 0 aliphatic rings. The van der Waals surface area contributed by atoms with Crippen LogP contribution in [0.25, 0.3) is 10.9 Å². The highest BCUT2D eigenvalue weighted by atomic mass is 35.5. The number of hydrogen-bond donors (Lipinski definition) is 0. The molecule has 4 nitrogen and oxygen atoms in total. The van der Waals surface area contributed by atoms with Crippen molar-refractivity contribution in [3.8, 4) is 0 Å². The van der Waals surface area contributed by atoms with Crippen molar-refractivity contribution < 1.29 is 4.79 Å². The number of para-hydroxylation sites is 1. The number of benzene rings is 2. The number of aromatic nitrogens is 2. The minimum atomic E-state index is -0.397. The van der Waals surface area contributed by atoms with E-state index in [-0.39, 0.29) is 17.4 Å². The van der Waals surface area contributed by atoms with Crippen molar-refractivity contribution in [3.63, 3.8) is 0 Å². The number of carbonyl (C=O) groups is 1. The summed E-state index contributed by atoms with van der Waals surface area (Å²) in [5, 5.41) is 1.26. The van der Waals surface area contributed by atoms with Crippen molar-refractivity contribution in [2.75, 3.05) is 0 Å². The third-order valence-corrected chi connectivity index (χ3v) is 5.35. The Balaban J connectivity index is 2.01. The molecule has 134 valence electrons. The second-order valence-corrected chi connectivity index (χ2v) is 8.06. The first-order valence-electron chi connectivity index (χ1n) is 8.36. The predicted octanol–water partition coefficient (Wildman–Crippen LogP) is 4.99. The normalized spacial score (nSPS) is 12.5. The van der Waals surface area contributed by atoms with E-state index in [0.717, 1.165) is 0 Å². The number of Topliss-reactive ketones (excluding diaryl/α,β-unsaturated/α-hetero) is 1. The van der Waals surface area contributed by atoms with E-state index in [1.165, 1.54) is 11.8 Å². The zero-order chi connectivity index (χ0) is 18.8. The third-order valence-electron chi connectivity index (χ3n) is 4.05. The molecule has 0 fully saturated rings. The highest BCUT2D eigenvalue weighted by Gasteiger charge is 2.21. The van der Waals surface area contributed by atoms with E-state index in [9.17, 15) is 9.59 Å². The minimum Gasteiger partial charge on any atom is -0.293 e. The maximum Gasteiger partial charge on any atom is 0.262 e. The van der Waals surface area contributed by atoms with Crippen molar-refractivity contribution in [1.82, 2.24) is 9.55 Å². The van der Waals surface area contributed by atoms with Gasteiger partial charge in [-0.2, -0.15) is 0 Å². The molecule has 6 heteroatoms. The second kappa shape index (κ2) is 7.64. The molecule has 3 rings (SSSR count). The standard InChI is InChI=1S/C20H19ClN2O2S/c1-12(2)23-19(25)16-9-4-5-10-17(16)22-20(23)26-13(3)18(24)14-7-6-8-15(21)11-14/h4-13H,1-3H3. The molecule has 0 saturated carbocycles. The molecule has 0 bridgehead atoms. The van der Waals surface area contributed by atoms with Gasteiger partial charge in [0.05, 0.1) is 16.2 Å². The molecule has 1 heterocycles. The van der Waals surface area contributed by atoms with Crippen molar-refractivity contribution >= 4 is 40.0 Å². The molecule has 0 amide bonds. The molecule has 2 aromatic carbocycles. The highest BCUT2D eigenvalue weighted by Crippen LogP contribution is 2.27. The molecule has 3 aromatic rings. The van der Waals surface area contributed by atoms with Gasteiger partial charge in [-0.1, -0.05) is 47.6 Å². The van der Waals surface area contributed by atoms with Gasteiger partial charge in [0.25, 0.3) is 5.56 Å². The molecular formula is C20H19ClN2O2S. The number of nitrogens with zero attached hydrogens (tertiary/aromatic N) is 2. The largest absolute Gasteiger partial charge is 0.293 e. The van der Waals surface area contributed by atoms with E-state index >= 15 is 0 Å². The fourth-order valence-corrected chi connectivity index (χ4v) is 4.06. The number of carbonyl (C=O) groups excluding carboxylic acids is 1. The van der Waals surface area contributed by atoms with Crippen molar-refractivity contribution in [3.05, 3.63) is 69.5 Å². The number of rotatable bonds is 5. The van der Waals surface area contributed by atoms with Gasteiger partial charge in [0.1, 0.15) is 0 Å². The van der Waals surface area contributed by atoms with Crippen LogP contribution in [0.4, 0.5) is 0 Å². The van der Waals surface area contributed by atoms with Crippen molar-refractivity contribution in [2.45, 2.75) is 37.2 Å². The van der Waals surface area contributed by atoms with Gasteiger partial charge in [0, 0.05) is 16.6 Å². The first kappa shape index (κ1) is 18.7. The lowest BCUT2D eigenvalue weighted by molar-refractivity contribution is 0.0994. The van der Waals surface area contributed by atoms with Crippen LogP contribution in [0, 0.1) is 0 Å². The Morgan fingerprint density at radius 2 is 1.85 bits per heavy atom. The Labute approximate surface area is 161 Å². The summed E-state index contributed by atoms with van der Waals surface area (Å²) in [4.78, 5) is 30.2. The zero-order valence-corrected chi connectivity index (χ0v) is 16.3. The van der Waals surface area contributed by atoms with Crippen LogP contribution in [0.2, 0.25) is 5.02 Å². The summed E-state index contributed by atoms with van der Waals surface area (Å²) in [5.74, 6) is -0.0461. The number of fused-ring (bicyclic) bond motifs is 1. The van der Waals surface area contributed by atoms with Crippen LogP contribution in [-0.4, -0.2) is 20.6 Å². The van der Waals surface area contributed by atoms with Gasteiger partial charge in [-0.15, -0.1) is 0 Å². The Bertz CT molecular complexity index is 1030. The molecule has 26 heavy (non-hydrogen) atoms. The number of ketones is 1. The molecule has 0 aliphatic heterocycles. The molecule has 0 spiro atoms. The average molecular weight is 387 g/mol. The fraction of sp³-hybridized carbons (Fsp3) is 0.250. The molecule has 1 atom stereocenters. The molecule has 0 N–H and O–H groups in total. The quantitative estimate of drug-likeness (QED) is 0.352. The second-order valence-electron chi connectivity index (χ2n) is 6.32. The van der Waals surface area contributed by atoms with E-state index in [1.54, 1.807) is 34.9 Å². The van der Waals surface area contributed by atoms with Crippen LogP contribution in [0.15, 0.2) is 58.5 Å². The summed E-state index contributed by atoms with van der Waals surface area (Å²) in [7, 11) is 0. The Morgan fingerprint density at radius 3 is 2.54 bits per heavy atom. The predicted molar refractivity (Wildman–Crippen MR) is 107 cm³/mol. The number of hydrogen-bond acceptors (Lipinski definition) is 4. The third kappa shape index (κ3) is 3.69. The summed E-state index contributed by atoms with van der Waals surface area (Å²) < 4.78 is 1.65. The molecular weight excluding hydrogens is 368 g/mol. The Kier molecular flexibility index (Phi) is 5.49. The van der Waals surface area contributed by atoms with Gasteiger partial charge in [-0.25, -0.2) is 4.98 Å². The maximum absolute atomic E-state index is 12.9. The minimum absolute atomic E-state index is 0.0461. The average Bonchev–Trinajstić information content (AvgIpc) is 2.61. The van der Waals surface area contributed by atoms with Crippen molar-refractivity contribution in [1.29, 1.82) is 0 Å². The summed E-state index contributed by atoms with van der Waals surface area (Å²) in [6.45, 7) is 5.69. The van der Waals surface area contributed by atoms with Gasteiger partial charge in [-0.05, 0) is 45.0 Å². The smallest absolute Gasteiger partial charge is 0.262 e. The summed E-state index contributed by atoms with van der Waals surface area (Å²) in [6, 6.07) is 14.1. The van der Waals surface area contributed by atoms with Crippen LogP contribution in [0.5, 0.6) is 0 Å². The Hall–Kier alpha value is -2.11. The topological polar surface area (TPSA) is 52.0 Å². The van der Waals surface area contributed by atoms with Gasteiger partial charge in [0.15, 0.2) is 10.9 Å². The van der Waals surface area contributed by atoms with E-state index in [2.05, 4.69) is 4.98 Å². The fourth-order valence-electron chi connectivity index (χ4n) is 2.75. The van der Waals surface area contributed by atoms with Gasteiger partial charge >= 0.3 is 0 Å². The van der Waals surface area contributed by atoms with E-state index in [4.69, 9.17) is 11.6 Å². The lowest BCUT2D eigenvalue weighted by Gasteiger charge is -2.18. The van der Waals surface area contributed by atoms with Crippen LogP contribution >= 0.6 is 23.4 Å². The molecule has 0 aliphatic carbocycles. The van der Waals surface area contributed by atoms with Crippen LogP contribution < -0.4 is 5.56 Å². The Morgan fingerprint density at radius 1 is 1.12 bits per heavy atom. The van der Waals surface area contributed by atoms with E-state index in [1.807, 2.05) is 39.0 Å². The van der Waals surface area contributed by atoms with Crippen LogP contribution in [0.3, 0.4) is 0 Å². The van der Waals surface area contributed by atoms with E-state index < -0.39 is 5.25 Å². The molecule has 0 radical (unpaired) electrons. The lowest BCUT2D eigenvalue weighted by Crippen LogP contribution is -2.26.